The number of amides is 1. The van der Waals surface area contributed by atoms with Gasteiger partial charge in [0.25, 0.3) is 5.91 Å². The summed E-state index contributed by atoms with van der Waals surface area (Å²) in [5.41, 5.74) is 1.58. The zero-order chi connectivity index (χ0) is 16.8. The molecule has 3 rings (SSSR count). The summed E-state index contributed by atoms with van der Waals surface area (Å²) in [4.78, 5) is 14.5. The minimum Gasteiger partial charge on any atom is -0.337 e. The molecule has 6 heteroatoms. The smallest absolute Gasteiger partial charge is 0.276 e. The SMILES string of the molecule is CCNCC1CCN(C(=O)c2cn(Cc3ccccc3)nn2)CC1. The van der Waals surface area contributed by atoms with Crippen LogP contribution in [0.2, 0.25) is 0 Å². The number of hydrogen-bond acceptors (Lipinski definition) is 4. The molecule has 1 aliphatic rings. The molecule has 2 heterocycles. The number of piperidine rings is 1. The minimum atomic E-state index is -0.00351. The number of nitrogens with zero attached hydrogens (tertiary/aromatic N) is 4. The van der Waals surface area contributed by atoms with Gasteiger partial charge in [0.1, 0.15) is 0 Å². The van der Waals surface area contributed by atoms with Gasteiger partial charge < -0.3 is 10.2 Å². The lowest BCUT2D eigenvalue weighted by Gasteiger charge is -2.31. The first-order valence-electron chi connectivity index (χ1n) is 8.70. The monoisotopic (exact) mass is 327 g/mol. The number of carbonyl (C=O) groups is 1. The van der Waals surface area contributed by atoms with Crippen LogP contribution in [0.5, 0.6) is 0 Å². The fourth-order valence-corrected chi connectivity index (χ4v) is 3.09. The van der Waals surface area contributed by atoms with Crippen LogP contribution in [0.15, 0.2) is 36.5 Å². The summed E-state index contributed by atoms with van der Waals surface area (Å²) in [5, 5.41) is 11.5. The molecule has 1 aromatic heterocycles. The van der Waals surface area contributed by atoms with Crippen LogP contribution in [0.3, 0.4) is 0 Å². The number of aromatic nitrogens is 3. The summed E-state index contributed by atoms with van der Waals surface area (Å²) in [6.45, 7) is 6.42. The van der Waals surface area contributed by atoms with E-state index < -0.39 is 0 Å². The lowest BCUT2D eigenvalue weighted by Crippen LogP contribution is -2.40. The van der Waals surface area contributed by atoms with Gasteiger partial charge in [-0.3, -0.25) is 4.79 Å². The van der Waals surface area contributed by atoms with Gasteiger partial charge in [-0.05, 0) is 37.4 Å². The number of hydrogen-bond donors (Lipinski definition) is 1. The normalized spacial score (nSPS) is 15.6. The molecule has 1 amide bonds. The Morgan fingerprint density at radius 3 is 2.71 bits per heavy atom. The van der Waals surface area contributed by atoms with E-state index in [-0.39, 0.29) is 5.91 Å². The molecule has 0 atom stereocenters. The van der Waals surface area contributed by atoms with Crippen molar-refractivity contribution >= 4 is 5.91 Å². The van der Waals surface area contributed by atoms with E-state index in [2.05, 4.69) is 22.6 Å². The Balaban J connectivity index is 1.54. The van der Waals surface area contributed by atoms with Crippen molar-refractivity contribution in [2.45, 2.75) is 26.3 Å². The van der Waals surface area contributed by atoms with E-state index in [1.807, 2.05) is 35.2 Å². The van der Waals surface area contributed by atoms with Crippen LogP contribution in [-0.4, -0.2) is 52.0 Å². The molecular formula is C18H25N5O. The van der Waals surface area contributed by atoms with Crippen LogP contribution >= 0.6 is 0 Å². The van der Waals surface area contributed by atoms with E-state index in [4.69, 9.17) is 0 Å². The maximum Gasteiger partial charge on any atom is 0.276 e. The number of likely N-dealkylation sites (tertiary alicyclic amines) is 1. The number of benzene rings is 1. The Labute approximate surface area is 142 Å². The molecule has 1 aromatic carbocycles. The highest BCUT2D eigenvalue weighted by Gasteiger charge is 2.25. The maximum atomic E-state index is 12.6. The molecule has 0 radical (unpaired) electrons. The van der Waals surface area contributed by atoms with Gasteiger partial charge in [0.2, 0.25) is 0 Å². The highest BCUT2D eigenvalue weighted by atomic mass is 16.2. The highest BCUT2D eigenvalue weighted by molar-refractivity contribution is 5.91. The largest absolute Gasteiger partial charge is 0.337 e. The molecule has 1 N–H and O–H groups in total. The number of carbonyl (C=O) groups excluding carboxylic acids is 1. The van der Waals surface area contributed by atoms with E-state index in [0.717, 1.165) is 44.6 Å². The first-order chi connectivity index (χ1) is 11.8. The van der Waals surface area contributed by atoms with E-state index in [1.54, 1.807) is 10.9 Å². The molecule has 0 aliphatic carbocycles. The topological polar surface area (TPSA) is 63.1 Å². The zero-order valence-corrected chi connectivity index (χ0v) is 14.2. The molecule has 0 bridgehead atoms. The Kier molecular flexibility index (Phi) is 5.59. The van der Waals surface area contributed by atoms with Crippen molar-refractivity contribution in [3.63, 3.8) is 0 Å². The van der Waals surface area contributed by atoms with Crippen molar-refractivity contribution in [2.75, 3.05) is 26.2 Å². The first kappa shape index (κ1) is 16.6. The Morgan fingerprint density at radius 1 is 1.25 bits per heavy atom. The predicted octanol–water partition coefficient (Wildman–Crippen LogP) is 1.79. The third-order valence-electron chi connectivity index (χ3n) is 4.53. The van der Waals surface area contributed by atoms with Gasteiger partial charge in [0, 0.05) is 13.1 Å². The number of nitrogens with one attached hydrogen (secondary N) is 1. The summed E-state index contributed by atoms with van der Waals surface area (Å²) >= 11 is 0. The third-order valence-corrected chi connectivity index (χ3v) is 4.53. The molecule has 1 aliphatic heterocycles. The Bertz CT molecular complexity index is 646. The molecule has 0 spiro atoms. The molecule has 1 saturated heterocycles. The molecule has 6 nitrogen and oxygen atoms in total. The van der Waals surface area contributed by atoms with Gasteiger partial charge in [-0.1, -0.05) is 42.5 Å². The van der Waals surface area contributed by atoms with Gasteiger partial charge in [-0.15, -0.1) is 5.10 Å². The highest BCUT2D eigenvalue weighted by Crippen LogP contribution is 2.18. The van der Waals surface area contributed by atoms with Crippen LogP contribution < -0.4 is 5.32 Å². The molecule has 1 fully saturated rings. The van der Waals surface area contributed by atoms with Crippen molar-refractivity contribution in [3.8, 4) is 0 Å². The van der Waals surface area contributed by atoms with Crippen LogP contribution in [0.25, 0.3) is 0 Å². The minimum absolute atomic E-state index is 0.00351. The van der Waals surface area contributed by atoms with Crippen molar-refractivity contribution < 1.29 is 4.79 Å². The van der Waals surface area contributed by atoms with E-state index in [1.165, 1.54) is 0 Å². The zero-order valence-electron chi connectivity index (χ0n) is 14.2. The van der Waals surface area contributed by atoms with Crippen molar-refractivity contribution in [3.05, 3.63) is 47.8 Å². The van der Waals surface area contributed by atoms with Crippen LogP contribution in [-0.2, 0) is 6.54 Å². The third kappa shape index (κ3) is 4.20. The van der Waals surface area contributed by atoms with Crippen LogP contribution in [0, 0.1) is 5.92 Å². The van der Waals surface area contributed by atoms with Gasteiger partial charge in [-0.25, -0.2) is 4.68 Å². The van der Waals surface area contributed by atoms with Gasteiger partial charge >= 0.3 is 0 Å². The van der Waals surface area contributed by atoms with E-state index in [0.29, 0.717) is 18.2 Å². The van der Waals surface area contributed by atoms with Gasteiger partial charge in [-0.2, -0.15) is 0 Å². The quantitative estimate of drug-likeness (QED) is 0.878. The standard InChI is InChI=1S/C18H25N5O/c1-2-19-12-15-8-10-22(11-9-15)18(24)17-14-23(21-20-17)13-16-6-4-3-5-7-16/h3-7,14-15,19H,2,8-13H2,1H3. The summed E-state index contributed by atoms with van der Waals surface area (Å²) < 4.78 is 1.72. The van der Waals surface area contributed by atoms with Crippen molar-refractivity contribution in [1.29, 1.82) is 0 Å². The molecule has 24 heavy (non-hydrogen) atoms. The first-order valence-corrected chi connectivity index (χ1v) is 8.70. The fraction of sp³-hybridized carbons (Fsp3) is 0.500. The Morgan fingerprint density at radius 2 is 2.00 bits per heavy atom. The molecule has 2 aromatic rings. The second kappa shape index (κ2) is 8.06. The second-order valence-corrected chi connectivity index (χ2v) is 6.33. The number of rotatable bonds is 6. The average Bonchev–Trinajstić information content (AvgIpc) is 3.09. The lowest BCUT2D eigenvalue weighted by molar-refractivity contribution is 0.0684. The molecular weight excluding hydrogens is 302 g/mol. The van der Waals surface area contributed by atoms with Crippen molar-refractivity contribution in [1.82, 2.24) is 25.2 Å². The predicted molar refractivity (Wildman–Crippen MR) is 92.7 cm³/mol. The fourth-order valence-electron chi connectivity index (χ4n) is 3.09. The van der Waals surface area contributed by atoms with Crippen LogP contribution in [0.4, 0.5) is 0 Å². The average molecular weight is 327 g/mol. The summed E-state index contributed by atoms with van der Waals surface area (Å²) in [6, 6.07) is 10.1. The molecule has 128 valence electrons. The Hall–Kier alpha value is -2.21. The summed E-state index contributed by atoms with van der Waals surface area (Å²) in [6.07, 6.45) is 3.86. The molecule has 0 unspecified atom stereocenters. The van der Waals surface area contributed by atoms with E-state index >= 15 is 0 Å². The summed E-state index contributed by atoms with van der Waals surface area (Å²) in [7, 11) is 0. The van der Waals surface area contributed by atoms with Gasteiger partial charge in [0.15, 0.2) is 5.69 Å². The second-order valence-electron chi connectivity index (χ2n) is 6.33. The van der Waals surface area contributed by atoms with Crippen LogP contribution in [0.1, 0.15) is 35.8 Å². The summed E-state index contributed by atoms with van der Waals surface area (Å²) in [5.74, 6) is 0.666. The van der Waals surface area contributed by atoms with Crippen molar-refractivity contribution in [2.24, 2.45) is 5.92 Å². The molecule has 0 saturated carbocycles. The van der Waals surface area contributed by atoms with Gasteiger partial charge in [0.05, 0.1) is 12.7 Å². The lowest BCUT2D eigenvalue weighted by atomic mass is 9.96. The van der Waals surface area contributed by atoms with E-state index in [9.17, 15) is 4.79 Å². The maximum absolute atomic E-state index is 12.6.